The molecule has 0 radical (unpaired) electrons. The number of benzene rings is 1. The summed E-state index contributed by atoms with van der Waals surface area (Å²) in [6.45, 7) is -0.895. The van der Waals surface area contributed by atoms with Crippen molar-refractivity contribution in [3.8, 4) is 6.07 Å². The van der Waals surface area contributed by atoms with Crippen LogP contribution in [-0.2, 0) is 4.79 Å². The third kappa shape index (κ3) is 4.45. The number of amides is 1. The minimum absolute atomic E-state index is 0.0575. The predicted molar refractivity (Wildman–Crippen MR) is 76.6 cm³/mol. The maximum Gasteiger partial charge on any atom is 0.401 e. The molecule has 1 amide bonds. The van der Waals surface area contributed by atoms with Crippen molar-refractivity contribution >= 4 is 21.8 Å². The zero-order valence-corrected chi connectivity index (χ0v) is 13.0. The molecular weight excluding hydrogens is 363 g/mol. The van der Waals surface area contributed by atoms with Crippen LogP contribution in [0.15, 0.2) is 28.7 Å². The molecule has 1 aliphatic rings. The van der Waals surface area contributed by atoms with E-state index in [9.17, 15) is 18.0 Å². The lowest BCUT2D eigenvalue weighted by Crippen LogP contribution is -2.56. The first-order valence-corrected chi connectivity index (χ1v) is 7.32. The van der Waals surface area contributed by atoms with Crippen LogP contribution in [0.3, 0.4) is 0 Å². The molecule has 0 unspecified atom stereocenters. The van der Waals surface area contributed by atoms with Gasteiger partial charge in [-0.25, -0.2) is 0 Å². The average Bonchev–Trinajstić information content (AvgIpc) is 2.38. The molecule has 0 aliphatic carbocycles. The Labute approximate surface area is 134 Å². The Morgan fingerprint density at radius 3 is 2.73 bits per heavy atom. The van der Waals surface area contributed by atoms with E-state index < -0.39 is 30.6 Å². The summed E-state index contributed by atoms with van der Waals surface area (Å²) in [5, 5.41) is 11.7. The number of rotatable bonds is 4. The summed E-state index contributed by atoms with van der Waals surface area (Å²) >= 11 is 3.28. The molecule has 2 rings (SSSR count). The van der Waals surface area contributed by atoms with Crippen molar-refractivity contribution in [2.24, 2.45) is 5.92 Å². The lowest BCUT2D eigenvalue weighted by molar-refractivity contribution is -0.163. The van der Waals surface area contributed by atoms with Crippen LogP contribution in [-0.4, -0.2) is 36.6 Å². The lowest BCUT2D eigenvalue weighted by atomic mass is 9.98. The Morgan fingerprint density at radius 2 is 2.18 bits per heavy atom. The molecule has 4 nitrogen and oxygen atoms in total. The van der Waals surface area contributed by atoms with E-state index in [1.165, 1.54) is 0 Å². The zero-order chi connectivity index (χ0) is 16.3. The van der Waals surface area contributed by atoms with Gasteiger partial charge in [0.05, 0.1) is 18.5 Å². The highest BCUT2D eigenvalue weighted by Gasteiger charge is 2.40. The molecule has 8 heteroatoms. The van der Waals surface area contributed by atoms with Gasteiger partial charge in [-0.2, -0.15) is 18.4 Å². The van der Waals surface area contributed by atoms with Crippen LogP contribution in [0.5, 0.6) is 0 Å². The van der Waals surface area contributed by atoms with Gasteiger partial charge in [-0.05, 0) is 17.7 Å². The first kappa shape index (κ1) is 16.8. The molecule has 0 saturated carbocycles. The van der Waals surface area contributed by atoms with Crippen LogP contribution in [0.25, 0.3) is 0 Å². The van der Waals surface area contributed by atoms with Gasteiger partial charge < -0.3 is 5.32 Å². The molecule has 1 fully saturated rings. The van der Waals surface area contributed by atoms with Crippen LogP contribution in [0.4, 0.5) is 13.2 Å². The number of hydrogen-bond donors (Lipinski definition) is 1. The predicted octanol–water partition coefficient (Wildman–Crippen LogP) is 2.62. The van der Waals surface area contributed by atoms with Crippen molar-refractivity contribution in [2.75, 3.05) is 19.6 Å². The van der Waals surface area contributed by atoms with Crippen molar-refractivity contribution in [1.82, 2.24) is 10.2 Å². The summed E-state index contributed by atoms with van der Waals surface area (Å²) in [6.07, 6.45) is -4.26. The summed E-state index contributed by atoms with van der Waals surface area (Å²) in [5.74, 6) is -0.907. The minimum Gasteiger partial charge on any atom is -0.336 e. The quantitative estimate of drug-likeness (QED) is 0.879. The molecule has 1 aromatic rings. The van der Waals surface area contributed by atoms with Crippen molar-refractivity contribution < 1.29 is 18.0 Å². The van der Waals surface area contributed by atoms with Crippen molar-refractivity contribution in [3.05, 3.63) is 34.3 Å². The SMILES string of the molecule is N#C[C@@H](NC(=O)C1CN(CC(F)(F)F)C1)c1cccc(Br)c1. The molecule has 22 heavy (non-hydrogen) atoms. The number of carbonyl (C=O) groups is 1. The summed E-state index contributed by atoms with van der Waals surface area (Å²) < 4.78 is 37.3. The van der Waals surface area contributed by atoms with E-state index >= 15 is 0 Å². The molecule has 1 atom stereocenters. The van der Waals surface area contributed by atoms with Crippen molar-refractivity contribution in [3.63, 3.8) is 0 Å². The molecule has 1 saturated heterocycles. The lowest BCUT2D eigenvalue weighted by Gasteiger charge is -2.38. The van der Waals surface area contributed by atoms with Gasteiger partial charge in [0.2, 0.25) is 5.91 Å². The second-order valence-electron chi connectivity index (χ2n) is 5.13. The minimum atomic E-state index is -4.26. The van der Waals surface area contributed by atoms with Gasteiger partial charge in [-0.15, -0.1) is 0 Å². The largest absolute Gasteiger partial charge is 0.401 e. The van der Waals surface area contributed by atoms with Crippen LogP contribution >= 0.6 is 15.9 Å². The molecule has 0 spiro atoms. The second-order valence-corrected chi connectivity index (χ2v) is 6.05. The van der Waals surface area contributed by atoms with Crippen molar-refractivity contribution in [2.45, 2.75) is 12.2 Å². The van der Waals surface area contributed by atoms with Gasteiger partial charge >= 0.3 is 6.18 Å². The van der Waals surface area contributed by atoms with Gasteiger partial charge in [0.15, 0.2) is 0 Å². The summed E-state index contributed by atoms with van der Waals surface area (Å²) in [4.78, 5) is 13.1. The first-order chi connectivity index (χ1) is 10.3. The fourth-order valence-electron chi connectivity index (χ4n) is 2.25. The Balaban J connectivity index is 1.88. The van der Waals surface area contributed by atoms with E-state index in [4.69, 9.17) is 5.26 Å². The topological polar surface area (TPSA) is 56.1 Å². The summed E-state index contributed by atoms with van der Waals surface area (Å²) in [7, 11) is 0. The smallest absolute Gasteiger partial charge is 0.336 e. The molecule has 118 valence electrons. The van der Waals surface area contributed by atoms with E-state index in [1.807, 2.05) is 6.07 Å². The number of nitrogens with one attached hydrogen (secondary N) is 1. The Morgan fingerprint density at radius 1 is 1.50 bits per heavy atom. The number of alkyl halides is 3. The number of hydrogen-bond acceptors (Lipinski definition) is 3. The number of nitriles is 1. The van der Waals surface area contributed by atoms with E-state index in [-0.39, 0.29) is 13.1 Å². The Kier molecular flexibility index (Phi) is 5.08. The van der Waals surface area contributed by atoms with Crippen molar-refractivity contribution in [1.29, 1.82) is 5.26 Å². The Bertz CT molecular complexity index is 594. The van der Waals surface area contributed by atoms with Crippen LogP contribution in [0.1, 0.15) is 11.6 Å². The van der Waals surface area contributed by atoms with Gasteiger partial charge in [-0.1, -0.05) is 28.1 Å². The monoisotopic (exact) mass is 375 g/mol. The molecular formula is C14H13BrF3N3O. The van der Waals surface area contributed by atoms with Gasteiger partial charge in [0.25, 0.3) is 0 Å². The highest BCUT2D eigenvalue weighted by Crippen LogP contribution is 2.24. The fraction of sp³-hybridized carbons (Fsp3) is 0.429. The standard InChI is InChI=1S/C14H13BrF3N3O/c15-11-3-1-2-9(4-11)12(5-19)20-13(22)10-6-21(7-10)8-14(16,17)18/h1-4,10,12H,6-8H2,(H,20,22)/t12-/m1/s1. The van der Waals surface area contributed by atoms with Gasteiger partial charge in [-0.3, -0.25) is 9.69 Å². The third-order valence-electron chi connectivity index (χ3n) is 3.33. The molecule has 1 aromatic carbocycles. The number of nitrogens with zero attached hydrogens (tertiary/aromatic N) is 2. The number of halogens is 4. The van der Waals surface area contributed by atoms with Crippen LogP contribution in [0, 0.1) is 17.2 Å². The van der Waals surface area contributed by atoms with Crippen LogP contribution < -0.4 is 5.32 Å². The third-order valence-corrected chi connectivity index (χ3v) is 3.82. The highest BCUT2D eigenvalue weighted by molar-refractivity contribution is 9.10. The Hall–Kier alpha value is -1.59. The van der Waals surface area contributed by atoms with E-state index in [2.05, 4.69) is 21.2 Å². The molecule has 1 heterocycles. The van der Waals surface area contributed by atoms with E-state index in [0.29, 0.717) is 5.56 Å². The zero-order valence-electron chi connectivity index (χ0n) is 11.4. The van der Waals surface area contributed by atoms with Gasteiger partial charge in [0, 0.05) is 17.6 Å². The summed E-state index contributed by atoms with van der Waals surface area (Å²) in [6, 6.07) is 8.11. The molecule has 1 N–H and O–H groups in total. The number of carbonyl (C=O) groups excluding carboxylic acids is 1. The van der Waals surface area contributed by atoms with E-state index in [0.717, 1.165) is 9.37 Å². The molecule has 0 bridgehead atoms. The average molecular weight is 376 g/mol. The van der Waals surface area contributed by atoms with E-state index in [1.54, 1.807) is 24.3 Å². The summed E-state index contributed by atoms with van der Waals surface area (Å²) in [5.41, 5.74) is 0.622. The first-order valence-electron chi connectivity index (χ1n) is 6.53. The maximum absolute atomic E-state index is 12.2. The van der Waals surface area contributed by atoms with Crippen LogP contribution in [0.2, 0.25) is 0 Å². The number of likely N-dealkylation sites (tertiary alicyclic amines) is 1. The normalized spacial score (nSPS) is 17.4. The molecule has 1 aliphatic heterocycles. The highest BCUT2D eigenvalue weighted by atomic mass is 79.9. The molecule has 0 aromatic heterocycles. The van der Waals surface area contributed by atoms with Gasteiger partial charge in [0.1, 0.15) is 6.04 Å². The fourth-order valence-corrected chi connectivity index (χ4v) is 2.67. The maximum atomic E-state index is 12.2. The second kappa shape index (κ2) is 6.67.